The van der Waals surface area contributed by atoms with E-state index in [1.165, 1.54) is 6.08 Å². The van der Waals surface area contributed by atoms with E-state index in [4.69, 9.17) is 5.11 Å². The van der Waals surface area contributed by atoms with Crippen LogP contribution in [0.2, 0.25) is 0 Å². The van der Waals surface area contributed by atoms with Gasteiger partial charge in [0, 0.05) is 18.7 Å². The summed E-state index contributed by atoms with van der Waals surface area (Å²) in [6.07, 6.45) is 3.82. The van der Waals surface area contributed by atoms with E-state index < -0.39 is 15.8 Å². The van der Waals surface area contributed by atoms with Gasteiger partial charge < -0.3 is 10.4 Å². The summed E-state index contributed by atoms with van der Waals surface area (Å²) in [5.41, 5.74) is 0. The lowest BCUT2D eigenvalue weighted by Gasteiger charge is -2.22. The molecule has 0 amide bonds. The topological polar surface area (TPSA) is 83.5 Å². The van der Waals surface area contributed by atoms with Gasteiger partial charge in [-0.15, -0.1) is 0 Å². The van der Waals surface area contributed by atoms with Crippen LogP contribution < -0.4 is 5.32 Å². The van der Waals surface area contributed by atoms with E-state index in [1.807, 2.05) is 0 Å². The smallest absolute Gasteiger partial charge is 0.328 e. The van der Waals surface area contributed by atoms with Crippen molar-refractivity contribution in [3.63, 3.8) is 0 Å². The third-order valence-electron chi connectivity index (χ3n) is 2.34. The average Bonchev–Trinajstić information content (AvgIpc) is 2.14. The number of sulfone groups is 1. The molecule has 1 fully saturated rings. The average molecular weight is 233 g/mol. The molecule has 0 saturated carbocycles. The van der Waals surface area contributed by atoms with Crippen molar-refractivity contribution in [2.75, 3.05) is 18.1 Å². The van der Waals surface area contributed by atoms with E-state index in [9.17, 15) is 13.2 Å². The normalized spacial score (nSPS) is 21.9. The molecule has 0 unspecified atom stereocenters. The number of carbonyl (C=O) groups is 1. The Morgan fingerprint density at radius 2 is 2.00 bits per heavy atom. The first-order valence-corrected chi connectivity index (χ1v) is 6.65. The Kier molecular flexibility index (Phi) is 4.28. The lowest BCUT2D eigenvalue weighted by atomic mass is 10.1. The summed E-state index contributed by atoms with van der Waals surface area (Å²) in [4.78, 5) is 10.1. The largest absolute Gasteiger partial charge is 0.478 e. The molecular formula is C9H15NO4S. The molecule has 0 spiro atoms. The monoisotopic (exact) mass is 233 g/mol. The summed E-state index contributed by atoms with van der Waals surface area (Å²) >= 11 is 0. The van der Waals surface area contributed by atoms with Crippen molar-refractivity contribution in [2.24, 2.45) is 0 Å². The van der Waals surface area contributed by atoms with Gasteiger partial charge in [0.05, 0.1) is 11.5 Å². The van der Waals surface area contributed by atoms with Gasteiger partial charge in [-0.1, -0.05) is 6.08 Å². The Bertz CT molecular complexity index is 333. The molecule has 0 bridgehead atoms. The highest BCUT2D eigenvalue weighted by molar-refractivity contribution is 7.91. The van der Waals surface area contributed by atoms with Crippen molar-refractivity contribution < 1.29 is 18.3 Å². The number of hydrogen-bond acceptors (Lipinski definition) is 4. The van der Waals surface area contributed by atoms with Gasteiger partial charge >= 0.3 is 5.97 Å². The summed E-state index contributed by atoms with van der Waals surface area (Å²) in [5, 5.41) is 11.4. The molecule has 0 radical (unpaired) electrons. The summed E-state index contributed by atoms with van der Waals surface area (Å²) in [5.74, 6) is -0.510. The predicted molar refractivity (Wildman–Crippen MR) is 56.5 cm³/mol. The molecule has 86 valence electrons. The zero-order valence-electron chi connectivity index (χ0n) is 8.35. The Labute approximate surface area is 89.1 Å². The molecule has 1 rings (SSSR count). The first kappa shape index (κ1) is 12.2. The quantitative estimate of drug-likeness (QED) is 0.657. The second-order valence-electron chi connectivity index (χ2n) is 3.57. The predicted octanol–water partition coefficient (Wildman–Crippen LogP) is -0.206. The van der Waals surface area contributed by atoms with E-state index in [0.717, 1.165) is 6.08 Å². The van der Waals surface area contributed by atoms with E-state index in [0.29, 0.717) is 19.4 Å². The number of aliphatic carboxylic acids is 1. The van der Waals surface area contributed by atoms with Gasteiger partial charge in [0.15, 0.2) is 0 Å². The van der Waals surface area contributed by atoms with Gasteiger partial charge in [0.25, 0.3) is 0 Å². The molecule has 0 aliphatic carbocycles. The highest BCUT2D eigenvalue weighted by atomic mass is 32.2. The molecule has 15 heavy (non-hydrogen) atoms. The van der Waals surface area contributed by atoms with Gasteiger partial charge in [-0.05, 0) is 12.8 Å². The first-order valence-electron chi connectivity index (χ1n) is 4.83. The van der Waals surface area contributed by atoms with Crippen molar-refractivity contribution in [3.8, 4) is 0 Å². The lowest BCUT2D eigenvalue weighted by Crippen LogP contribution is -2.37. The van der Waals surface area contributed by atoms with E-state index in [2.05, 4.69) is 5.32 Å². The molecule has 1 aliphatic heterocycles. The number of rotatable bonds is 4. The molecule has 0 aromatic heterocycles. The highest BCUT2D eigenvalue weighted by Gasteiger charge is 2.22. The van der Waals surface area contributed by atoms with Crippen molar-refractivity contribution >= 4 is 15.8 Å². The second-order valence-corrected chi connectivity index (χ2v) is 5.88. The van der Waals surface area contributed by atoms with Crippen LogP contribution in [0, 0.1) is 0 Å². The summed E-state index contributed by atoms with van der Waals surface area (Å²) < 4.78 is 22.2. The summed E-state index contributed by atoms with van der Waals surface area (Å²) in [6.45, 7) is 0.469. The number of carboxylic acid groups (broad SMARTS) is 1. The van der Waals surface area contributed by atoms with E-state index in [1.54, 1.807) is 0 Å². The zero-order chi connectivity index (χ0) is 11.3. The number of carboxylic acids is 1. The first-order chi connectivity index (χ1) is 6.99. The molecular weight excluding hydrogens is 218 g/mol. The Hall–Kier alpha value is -0.880. The maximum atomic E-state index is 11.1. The fourth-order valence-corrected chi connectivity index (χ4v) is 2.98. The number of nitrogens with one attached hydrogen (secondary N) is 1. The molecule has 0 aromatic rings. The minimum absolute atomic E-state index is 0.187. The zero-order valence-corrected chi connectivity index (χ0v) is 9.16. The molecule has 1 aliphatic rings. The van der Waals surface area contributed by atoms with E-state index >= 15 is 0 Å². The molecule has 2 N–H and O–H groups in total. The van der Waals surface area contributed by atoms with Crippen LogP contribution in [-0.2, 0) is 14.6 Å². The molecule has 0 atom stereocenters. The van der Waals surface area contributed by atoms with Gasteiger partial charge in [-0.2, -0.15) is 0 Å². The SMILES string of the molecule is O=C(O)/C=C/CNC1CCS(=O)(=O)CC1. The van der Waals surface area contributed by atoms with Gasteiger partial charge in [-0.3, -0.25) is 0 Å². The fraction of sp³-hybridized carbons (Fsp3) is 0.667. The van der Waals surface area contributed by atoms with Crippen molar-refractivity contribution in [1.82, 2.24) is 5.32 Å². The Morgan fingerprint density at radius 3 is 2.53 bits per heavy atom. The molecule has 1 saturated heterocycles. The maximum Gasteiger partial charge on any atom is 0.328 e. The Balaban J connectivity index is 2.22. The highest BCUT2D eigenvalue weighted by Crippen LogP contribution is 2.11. The fourth-order valence-electron chi connectivity index (χ4n) is 1.49. The van der Waals surface area contributed by atoms with Crippen LogP contribution in [0.4, 0.5) is 0 Å². The van der Waals surface area contributed by atoms with Crippen LogP contribution in [0.25, 0.3) is 0 Å². The van der Waals surface area contributed by atoms with E-state index in [-0.39, 0.29) is 17.5 Å². The van der Waals surface area contributed by atoms with Crippen LogP contribution in [-0.4, -0.2) is 43.6 Å². The Morgan fingerprint density at radius 1 is 1.40 bits per heavy atom. The van der Waals surface area contributed by atoms with Crippen molar-refractivity contribution in [2.45, 2.75) is 18.9 Å². The third-order valence-corrected chi connectivity index (χ3v) is 4.05. The summed E-state index contributed by atoms with van der Waals surface area (Å²) in [7, 11) is -2.81. The van der Waals surface area contributed by atoms with Crippen LogP contribution in [0.5, 0.6) is 0 Å². The van der Waals surface area contributed by atoms with Crippen LogP contribution in [0.15, 0.2) is 12.2 Å². The van der Waals surface area contributed by atoms with Gasteiger partial charge in [0.1, 0.15) is 9.84 Å². The van der Waals surface area contributed by atoms with Crippen molar-refractivity contribution in [1.29, 1.82) is 0 Å². The standard InChI is InChI=1S/C9H15NO4S/c11-9(12)2-1-5-10-8-3-6-15(13,14)7-4-8/h1-2,8,10H,3-7H2,(H,11,12)/b2-1+. The number of hydrogen-bond donors (Lipinski definition) is 2. The molecule has 6 heteroatoms. The lowest BCUT2D eigenvalue weighted by molar-refractivity contribution is -0.131. The van der Waals surface area contributed by atoms with Crippen LogP contribution in [0.1, 0.15) is 12.8 Å². The molecule has 5 nitrogen and oxygen atoms in total. The molecule has 1 heterocycles. The molecule has 0 aromatic carbocycles. The third kappa shape index (κ3) is 4.94. The van der Waals surface area contributed by atoms with Crippen LogP contribution in [0.3, 0.4) is 0 Å². The summed E-state index contributed by atoms with van der Waals surface area (Å²) in [6, 6.07) is 0.187. The van der Waals surface area contributed by atoms with Crippen molar-refractivity contribution in [3.05, 3.63) is 12.2 Å². The second kappa shape index (κ2) is 5.27. The minimum atomic E-state index is -2.81. The maximum absolute atomic E-state index is 11.1. The van der Waals surface area contributed by atoms with Gasteiger partial charge in [-0.25, -0.2) is 13.2 Å². The minimum Gasteiger partial charge on any atom is -0.478 e. The van der Waals surface area contributed by atoms with Crippen LogP contribution >= 0.6 is 0 Å². The van der Waals surface area contributed by atoms with Gasteiger partial charge in [0.2, 0.25) is 0 Å².